The smallest absolute Gasteiger partial charge is 0.0722 e. The Labute approximate surface area is 75.2 Å². The zero-order valence-corrected chi connectivity index (χ0v) is 8.25. The molecule has 0 rings (SSSR count). The third-order valence-electron chi connectivity index (χ3n) is 1.94. The van der Waals surface area contributed by atoms with Gasteiger partial charge in [-0.2, -0.15) is 5.26 Å². The summed E-state index contributed by atoms with van der Waals surface area (Å²) in [6.07, 6.45) is 2.07. The summed E-state index contributed by atoms with van der Waals surface area (Å²) in [5.74, 6) is 0.296. The predicted octanol–water partition coefficient (Wildman–Crippen LogP) is 2.33. The van der Waals surface area contributed by atoms with Crippen molar-refractivity contribution in [2.75, 3.05) is 0 Å². The van der Waals surface area contributed by atoms with E-state index in [2.05, 4.69) is 19.9 Å². The van der Waals surface area contributed by atoms with Gasteiger partial charge in [0.1, 0.15) is 0 Å². The molecule has 0 aromatic rings. The average molecular weight is 169 g/mol. The van der Waals surface area contributed by atoms with Gasteiger partial charge in [-0.3, -0.25) is 0 Å². The molecule has 0 aliphatic carbocycles. The van der Waals surface area contributed by atoms with Gasteiger partial charge in [0, 0.05) is 0 Å². The van der Waals surface area contributed by atoms with Gasteiger partial charge in [-0.15, -0.1) is 0 Å². The molecular formula is C10H19NO. The zero-order valence-electron chi connectivity index (χ0n) is 8.25. The fourth-order valence-corrected chi connectivity index (χ4v) is 1.30. The average Bonchev–Trinajstić information content (AvgIpc) is 1.98. The second kappa shape index (κ2) is 6.02. The Hall–Kier alpha value is -0.550. The number of nitriles is 1. The van der Waals surface area contributed by atoms with E-state index in [-0.39, 0.29) is 5.92 Å². The van der Waals surface area contributed by atoms with Crippen LogP contribution in [0, 0.1) is 23.2 Å². The first-order valence-electron chi connectivity index (χ1n) is 4.69. The first-order valence-corrected chi connectivity index (χ1v) is 4.69. The molecule has 0 spiro atoms. The van der Waals surface area contributed by atoms with E-state index >= 15 is 0 Å². The molecule has 1 N–H and O–H groups in total. The summed E-state index contributed by atoms with van der Waals surface area (Å²) >= 11 is 0. The minimum absolute atomic E-state index is 0.169. The molecule has 12 heavy (non-hydrogen) atoms. The highest BCUT2D eigenvalue weighted by Crippen LogP contribution is 2.16. The van der Waals surface area contributed by atoms with Crippen molar-refractivity contribution in [2.45, 2.75) is 46.1 Å². The molecule has 2 heteroatoms. The maximum absolute atomic E-state index is 9.59. The summed E-state index contributed by atoms with van der Waals surface area (Å²) in [5, 5.41) is 18.3. The molecule has 0 saturated carbocycles. The van der Waals surface area contributed by atoms with Crippen molar-refractivity contribution in [1.82, 2.24) is 0 Å². The van der Waals surface area contributed by atoms with Crippen molar-refractivity contribution in [3.05, 3.63) is 0 Å². The highest BCUT2D eigenvalue weighted by molar-refractivity contribution is 4.88. The summed E-state index contributed by atoms with van der Waals surface area (Å²) < 4.78 is 0. The van der Waals surface area contributed by atoms with Crippen LogP contribution in [0.5, 0.6) is 0 Å². The van der Waals surface area contributed by atoms with E-state index < -0.39 is 6.10 Å². The molecule has 70 valence electrons. The fourth-order valence-electron chi connectivity index (χ4n) is 1.30. The molecule has 0 aromatic carbocycles. The van der Waals surface area contributed by atoms with Crippen LogP contribution in [0.1, 0.15) is 40.0 Å². The lowest BCUT2D eigenvalue weighted by Crippen LogP contribution is -2.20. The minimum Gasteiger partial charge on any atom is -0.392 e. The SMILES string of the molecule is CCCC(C#N)C(O)CC(C)C. The lowest BCUT2D eigenvalue weighted by Gasteiger charge is -2.17. The van der Waals surface area contributed by atoms with Gasteiger partial charge in [0.2, 0.25) is 0 Å². The summed E-state index contributed by atoms with van der Waals surface area (Å²) in [6, 6.07) is 2.16. The van der Waals surface area contributed by atoms with E-state index in [1.54, 1.807) is 0 Å². The maximum atomic E-state index is 9.59. The Kier molecular flexibility index (Phi) is 5.74. The van der Waals surface area contributed by atoms with Crippen LogP contribution in [-0.2, 0) is 0 Å². The maximum Gasteiger partial charge on any atom is 0.0722 e. The van der Waals surface area contributed by atoms with Crippen molar-refractivity contribution in [3.63, 3.8) is 0 Å². The molecule has 0 aliphatic heterocycles. The second-order valence-electron chi connectivity index (χ2n) is 3.72. The van der Waals surface area contributed by atoms with Crippen LogP contribution in [0.3, 0.4) is 0 Å². The Bertz CT molecular complexity index is 148. The van der Waals surface area contributed by atoms with Crippen LogP contribution in [0.2, 0.25) is 0 Å². The lowest BCUT2D eigenvalue weighted by atomic mass is 9.92. The Balaban J connectivity index is 3.87. The number of hydrogen-bond donors (Lipinski definition) is 1. The monoisotopic (exact) mass is 169 g/mol. The van der Waals surface area contributed by atoms with E-state index in [9.17, 15) is 5.11 Å². The molecule has 0 bridgehead atoms. The van der Waals surface area contributed by atoms with Crippen LogP contribution >= 0.6 is 0 Å². The Morgan fingerprint density at radius 1 is 1.42 bits per heavy atom. The molecule has 0 radical (unpaired) electrons. The normalized spacial score (nSPS) is 15.7. The van der Waals surface area contributed by atoms with Crippen molar-refractivity contribution in [3.8, 4) is 6.07 Å². The van der Waals surface area contributed by atoms with E-state index in [1.165, 1.54) is 0 Å². The molecule has 0 aromatic heterocycles. The summed E-state index contributed by atoms with van der Waals surface area (Å²) in [7, 11) is 0. The van der Waals surface area contributed by atoms with Crippen molar-refractivity contribution < 1.29 is 5.11 Å². The first-order chi connectivity index (χ1) is 5.61. The van der Waals surface area contributed by atoms with Gasteiger partial charge in [0.25, 0.3) is 0 Å². The second-order valence-corrected chi connectivity index (χ2v) is 3.72. The molecule has 0 fully saturated rings. The lowest BCUT2D eigenvalue weighted by molar-refractivity contribution is 0.106. The Morgan fingerprint density at radius 2 is 2.00 bits per heavy atom. The summed E-state index contributed by atoms with van der Waals surface area (Å²) in [6.45, 7) is 6.15. The van der Waals surface area contributed by atoms with Crippen LogP contribution in [0.4, 0.5) is 0 Å². The van der Waals surface area contributed by atoms with Crippen molar-refractivity contribution in [1.29, 1.82) is 5.26 Å². The van der Waals surface area contributed by atoms with Gasteiger partial charge in [-0.25, -0.2) is 0 Å². The zero-order chi connectivity index (χ0) is 9.56. The highest BCUT2D eigenvalue weighted by Gasteiger charge is 2.18. The highest BCUT2D eigenvalue weighted by atomic mass is 16.3. The van der Waals surface area contributed by atoms with Crippen LogP contribution in [0.25, 0.3) is 0 Å². The first kappa shape index (κ1) is 11.4. The van der Waals surface area contributed by atoms with Gasteiger partial charge in [-0.05, 0) is 18.8 Å². The number of aliphatic hydroxyl groups is 1. The molecule has 2 unspecified atom stereocenters. The third kappa shape index (κ3) is 4.35. The fraction of sp³-hybridized carbons (Fsp3) is 0.900. The van der Waals surface area contributed by atoms with Crippen LogP contribution in [0.15, 0.2) is 0 Å². The number of hydrogen-bond acceptors (Lipinski definition) is 2. The molecular weight excluding hydrogens is 150 g/mol. The predicted molar refractivity (Wildman–Crippen MR) is 49.5 cm³/mol. The van der Waals surface area contributed by atoms with Crippen LogP contribution < -0.4 is 0 Å². The summed E-state index contributed by atoms with van der Waals surface area (Å²) in [5.41, 5.74) is 0. The molecule has 0 heterocycles. The quantitative estimate of drug-likeness (QED) is 0.686. The van der Waals surface area contributed by atoms with Gasteiger partial charge < -0.3 is 5.11 Å². The number of aliphatic hydroxyl groups excluding tert-OH is 1. The van der Waals surface area contributed by atoms with Crippen LogP contribution in [-0.4, -0.2) is 11.2 Å². The van der Waals surface area contributed by atoms with Gasteiger partial charge >= 0.3 is 0 Å². The van der Waals surface area contributed by atoms with E-state index in [4.69, 9.17) is 5.26 Å². The molecule has 0 saturated heterocycles. The van der Waals surface area contributed by atoms with Crippen molar-refractivity contribution in [2.24, 2.45) is 11.8 Å². The molecule has 0 amide bonds. The minimum atomic E-state index is -0.435. The number of rotatable bonds is 5. The van der Waals surface area contributed by atoms with Gasteiger partial charge in [0.05, 0.1) is 18.1 Å². The van der Waals surface area contributed by atoms with Crippen molar-refractivity contribution >= 4 is 0 Å². The molecule has 0 aliphatic rings. The van der Waals surface area contributed by atoms with Gasteiger partial charge in [-0.1, -0.05) is 27.2 Å². The number of nitrogens with zero attached hydrogens (tertiary/aromatic N) is 1. The third-order valence-corrected chi connectivity index (χ3v) is 1.94. The van der Waals surface area contributed by atoms with E-state index in [0.29, 0.717) is 5.92 Å². The topological polar surface area (TPSA) is 44.0 Å². The molecule has 2 nitrogen and oxygen atoms in total. The summed E-state index contributed by atoms with van der Waals surface area (Å²) in [4.78, 5) is 0. The Morgan fingerprint density at radius 3 is 2.33 bits per heavy atom. The van der Waals surface area contributed by atoms with Gasteiger partial charge in [0.15, 0.2) is 0 Å². The molecule has 2 atom stereocenters. The largest absolute Gasteiger partial charge is 0.392 e. The van der Waals surface area contributed by atoms with E-state index in [1.807, 2.05) is 6.92 Å². The van der Waals surface area contributed by atoms with E-state index in [0.717, 1.165) is 19.3 Å². The standard InChI is InChI=1S/C10H19NO/c1-4-5-9(7-11)10(12)6-8(2)3/h8-10,12H,4-6H2,1-3H3.